The van der Waals surface area contributed by atoms with E-state index in [2.05, 4.69) is 15.3 Å². The van der Waals surface area contributed by atoms with Crippen LogP contribution in [0.5, 0.6) is 0 Å². The van der Waals surface area contributed by atoms with Crippen LogP contribution in [0.25, 0.3) is 11.4 Å². The van der Waals surface area contributed by atoms with Crippen molar-refractivity contribution in [3.8, 4) is 11.4 Å². The number of carbonyl (C=O) groups is 2. The SMILES string of the molecule is CC(=O)c1c(C)[nH]c(-c2nc(CC(=O)Nc3ccc(C)cc3)sc2C)c1C. The van der Waals surface area contributed by atoms with Gasteiger partial charge in [-0.05, 0) is 52.3 Å². The van der Waals surface area contributed by atoms with Gasteiger partial charge in [0, 0.05) is 21.8 Å². The molecule has 2 aromatic heterocycles. The summed E-state index contributed by atoms with van der Waals surface area (Å²) in [5, 5.41) is 3.65. The highest BCUT2D eigenvalue weighted by Gasteiger charge is 2.20. The number of anilines is 1. The zero-order chi connectivity index (χ0) is 19.7. The molecular formula is C21H23N3O2S. The second kappa shape index (κ2) is 7.48. The minimum atomic E-state index is -0.0945. The predicted octanol–water partition coefficient (Wildman–Crippen LogP) is 4.76. The Morgan fingerprint density at radius 3 is 2.37 bits per heavy atom. The lowest BCUT2D eigenvalue weighted by Gasteiger charge is -2.04. The van der Waals surface area contributed by atoms with Gasteiger partial charge in [0.2, 0.25) is 5.91 Å². The minimum Gasteiger partial charge on any atom is -0.356 e. The largest absolute Gasteiger partial charge is 0.356 e. The number of Topliss-reactive ketones (excluding diaryl/α,β-unsaturated/α-hetero) is 1. The van der Waals surface area contributed by atoms with Gasteiger partial charge in [-0.2, -0.15) is 0 Å². The van der Waals surface area contributed by atoms with E-state index in [0.717, 1.165) is 49.3 Å². The third-order valence-electron chi connectivity index (χ3n) is 4.51. The first kappa shape index (κ1) is 19.0. The normalized spacial score (nSPS) is 10.9. The first-order valence-corrected chi connectivity index (χ1v) is 9.61. The summed E-state index contributed by atoms with van der Waals surface area (Å²) < 4.78 is 0. The number of benzene rings is 1. The monoisotopic (exact) mass is 381 g/mol. The van der Waals surface area contributed by atoms with E-state index in [1.807, 2.05) is 52.0 Å². The molecule has 0 fully saturated rings. The van der Waals surface area contributed by atoms with Crippen LogP contribution in [-0.4, -0.2) is 21.7 Å². The number of hydrogen-bond donors (Lipinski definition) is 2. The topological polar surface area (TPSA) is 74.8 Å². The smallest absolute Gasteiger partial charge is 0.231 e. The lowest BCUT2D eigenvalue weighted by Crippen LogP contribution is -2.14. The lowest BCUT2D eigenvalue weighted by atomic mass is 10.1. The molecule has 0 saturated carbocycles. The molecule has 2 N–H and O–H groups in total. The molecule has 3 rings (SSSR count). The van der Waals surface area contributed by atoms with Crippen LogP contribution in [-0.2, 0) is 11.2 Å². The van der Waals surface area contributed by atoms with Crippen molar-refractivity contribution < 1.29 is 9.59 Å². The molecule has 0 unspecified atom stereocenters. The summed E-state index contributed by atoms with van der Waals surface area (Å²) in [5.74, 6) is -0.0546. The van der Waals surface area contributed by atoms with Gasteiger partial charge in [0.25, 0.3) is 0 Å². The molecule has 3 aromatic rings. The molecule has 1 amide bonds. The van der Waals surface area contributed by atoms with Crippen LogP contribution in [0.4, 0.5) is 5.69 Å². The summed E-state index contributed by atoms with van der Waals surface area (Å²) in [6, 6.07) is 7.70. The molecule has 1 aromatic carbocycles. The van der Waals surface area contributed by atoms with E-state index in [0.29, 0.717) is 0 Å². The fourth-order valence-corrected chi connectivity index (χ4v) is 4.19. The van der Waals surface area contributed by atoms with Crippen molar-refractivity contribution >= 4 is 28.7 Å². The van der Waals surface area contributed by atoms with Gasteiger partial charge < -0.3 is 10.3 Å². The molecular weight excluding hydrogens is 358 g/mol. The first-order valence-electron chi connectivity index (χ1n) is 8.79. The summed E-state index contributed by atoms with van der Waals surface area (Å²) in [4.78, 5) is 33.2. The van der Waals surface area contributed by atoms with E-state index in [1.165, 1.54) is 11.3 Å². The molecule has 0 aliphatic carbocycles. The Bertz CT molecular complexity index is 1010. The first-order chi connectivity index (χ1) is 12.8. The van der Waals surface area contributed by atoms with Gasteiger partial charge in [0.1, 0.15) is 10.7 Å². The standard InChI is InChI=1S/C21H23N3O2S/c1-11-6-8-16(9-7-11)23-17(26)10-18-24-21(15(5)27-18)20-12(2)19(14(4)25)13(3)22-20/h6-9,22H,10H2,1-5H3,(H,23,26). The molecule has 0 saturated heterocycles. The Morgan fingerprint density at radius 2 is 1.78 bits per heavy atom. The van der Waals surface area contributed by atoms with E-state index in [-0.39, 0.29) is 18.1 Å². The van der Waals surface area contributed by atoms with Gasteiger partial charge in [-0.25, -0.2) is 4.98 Å². The highest BCUT2D eigenvalue weighted by molar-refractivity contribution is 7.12. The zero-order valence-corrected chi connectivity index (χ0v) is 17.0. The number of nitrogens with zero attached hydrogens (tertiary/aromatic N) is 1. The number of aromatic nitrogens is 2. The maximum atomic E-state index is 12.3. The summed E-state index contributed by atoms with van der Waals surface area (Å²) in [6.45, 7) is 9.38. The molecule has 6 heteroatoms. The maximum Gasteiger partial charge on any atom is 0.231 e. The molecule has 0 aliphatic rings. The summed E-state index contributed by atoms with van der Waals surface area (Å²) >= 11 is 1.51. The molecule has 0 aliphatic heterocycles. The van der Waals surface area contributed by atoms with Gasteiger partial charge in [-0.1, -0.05) is 17.7 Å². The fraction of sp³-hybridized carbons (Fsp3) is 0.286. The average Bonchev–Trinajstić information content (AvgIpc) is 3.08. The third kappa shape index (κ3) is 4.01. The van der Waals surface area contributed by atoms with Crippen molar-refractivity contribution in [1.29, 1.82) is 0 Å². The van der Waals surface area contributed by atoms with Crippen molar-refractivity contribution in [3.63, 3.8) is 0 Å². The summed E-state index contributed by atoms with van der Waals surface area (Å²) in [6.07, 6.45) is 0.220. The number of amides is 1. The second-order valence-corrected chi connectivity index (χ2v) is 8.07. The van der Waals surface area contributed by atoms with Gasteiger partial charge in [0.15, 0.2) is 5.78 Å². The average molecular weight is 382 g/mol. The maximum absolute atomic E-state index is 12.3. The van der Waals surface area contributed by atoms with Gasteiger partial charge in [-0.15, -0.1) is 11.3 Å². The number of aryl methyl sites for hydroxylation is 3. The van der Waals surface area contributed by atoms with Gasteiger partial charge >= 0.3 is 0 Å². The van der Waals surface area contributed by atoms with Crippen molar-refractivity contribution in [2.24, 2.45) is 0 Å². The van der Waals surface area contributed by atoms with Gasteiger partial charge in [0.05, 0.1) is 12.1 Å². The van der Waals surface area contributed by atoms with Crippen LogP contribution in [0.1, 0.15) is 44.0 Å². The number of rotatable bonds is 5. The lowest BCUT2D eigenvalue weighted by molar-refractivity contribution is -0.115. The Kier molecular flexibility index (Phi) is 5.28. The predicted molar refractivity (Wildman–Crippen MR) is 110 cm³/mol. The van der Waals surface area contributed by atoms with Crippen molar-refractivity contribution in [3.05, 3.63) is 56.5 Å². The zero-order valence-electron chi connectivity index (χ0n) is 16.2. The van der Waals surface area contributed by atoms with Crippen molar-refractivity contribution in [1.82, 2.24) is 9.97 Å². The van der Waals surface area contributed by atoms with Crippen LogP contribution in [0, 0.1) is 27.7 Å². The highest BCUT2D eigenvalue weighted by atomic mass is 32.1. The molecule has 27 heavy (non-hydrogen) atoms. The minimum absolute atomic E-state index is 0.0399. The molecule has 140 valence electrons. The van der Waals surface area contributed by atoms with E-state index >= 15 is 0 Å². The molecule has 2 heterocycles. The van der Waals surface area contributed by atoms with Crippen LogP contribution in [0.15, 0.2) is 24.3 Å². The number of carbonyl (C=O) groups excluding carboxylic acids is 2. The number of nitrogens with one attached hydrogen (secondary N) is 2. The number of ketones is 1. The quantitative estimate of drug-likeness (QED) is 0.626. The molecule has 0 atom stereocenters. The number of hydrogen-bond acceptors (Lipinski definition) is 4. The highest BCUT2D eigenvalue weighted by Crippen LogP contribution is 2.32. The fourth-order valence-electron chi connectivity index (χ4n) is 3.25. The Morgan fingerprint density at radius 1 is 1.11 bits per heavy atom. The van der Waals surface area contributed by atoms with Crippen molar-refractivity contribution in [2.75, 3.05) is 5.32 Å². The number of H-pyrrole nitrogens is 1. The van der Waals surface area contributed by atoms with Crippen LogP contribution in [0.2, 0.25) is 0 Å². The molecule has 0 radical (unpaired) electrons. The summed E-state index contributed by atoms with van der Waals surface area (Å²) in [5.41, 5.74) is 6.07. The Labute approximate surface area is 162 Å². The van der Waals surface area contributed by atoms with Crippen LogP contribution in [0.3, 0.4) is 0 Å². The number of aromatic amines is 1. The van der Waals surface area contributed by atoms with Crippen LogP contribution >= 0.6 is 11.3 Å². The van der Waals surface area contributed by atoms with E-state index in [9.17, 15) is 9.59 Å². The second-order valence-electron chi connectivity index (χ2n) is 6.78. The third-order valence-corrected chi connectivity index (χ3v) is 5.49. The molecule has 0 bridgehead atoms. The van der Waals surface area contributed by atoms with Gasteiger partial charge in [-0.3, -0.25) is 9.59 Å². The van der Waals surface area contributed by atoms with E-state index < -0.39 is 0 Å². The van der Waals surface area contributed by atoms with E-state index in [4.69, 9.17) is 0 Å². The van der Waals surface area contributed by atoms with Crippen molar-refractivity contribution in [2.45, 2.75) is 41.0 Å². The van der Waals surface area contributed by atoms with Crippen LogP contribution < -0.4 is 5.32 Å². The molecule has 0 spiro atoms. The summed E-state index contributed by atoms with van der Waals surface area (Å²) in [7, 11) is 0. The molecule has 5 nitrogen and oxygen atoms in total. The van der Waals surface area contributed by atoms with E-state index in [1.54, 1.807) is 6.92 Å². The Hall–Kier alpha value is -2.73. The number of thiazole rings is 1. The Balaban J connectivity index is 1.81.